The molecule has 3 amide bonds. The van der Waals surface area contributed by atoms with Crippen LogP contribution in [0, 0.1) is 0 Å². The van der Waals surface area contributed by atoms with Crippen LogP contribution < -0.4 is 10.6 Å². The van der Waals surface area contributed by atoms with Gasteiger partial charge in [-0.25, -0.2) is 9.78 Å². The van der Waals surface area contributed by atoms with Gasteiger partial charge in [0.2, 0.25) is 5.91 Å². The highest BCUT2D eigenvalue weighted by atomic mass is 32.2. The van der Waals surface area contributed by atoms with Crippen molar-refractivity contribution in [3.8, 4) is 0 Å². The van der Waals surface area contributed by atoms with Gasteiger partial charge in [-0.2, -0.15) is 8.78 Å². The Kier molecular flexibility index (Phi) is 4.96. The molecule has 0 aliphatic rings. The van der Waals surface area contributed by atoms with E-state index in [1.165, 1.54) is 20.0 Å². The highest BCUT2D eigenvalue weighted by Gasteiger charge is 2.23. The van der Waals surface area contributed by atoms with Gasteiger partial charge in [0, 0.05) is 7.05 Å². The molecule has 0 aliphatic carbocycles. The largest absolute Gasteiger partial charge is 0.341 e. The maximum atomic E-state index is 13.3. The van der Waals surface area contributed by atoms with Gasteiger partial charge in [-0.05, 0) is 19.1 Å². The zero-order valence-electron chi connectivity index (χ0n) is 11.8. The van der Waals surface area contributed by atoms with Crippen molar-refractivity contribution < 1.29 is 18.4 Å². The normalized spacial score (nSPS) is 12.4. The lowest BCUT2D eigenvalue weighted by molar-refractivity contribution is -0.119. The Balaban J connectivity index is 2.25. The van der Waals surface area contributed by atoms with Crippen LogP contribution in [0.1, 0.15) is 13.5 Å². The minimum atomic E-state index is -2.77. The number of urea groups is 1. The summed E-state index contributed by atoms with van der Waals surface area (Å²) in [4.78, 5) is 27.0. The van der Waals surface area contributed by atoms with Gasteiger partial charge < -0.3 is 5.32 Å². The van der Waals surface area contributed by atoms with Crippen LogP contribution in [-0.2, 0) is 4.79 Å². The first kappa shape index (κ1) is 16.2. The molecule has 0 radical (unpaired) electrons. The monoisotopic (exact) mass is 328 g/mol. The summed E-state index contributed by atoms with van der Waals surface area (Å²) in [6, 6.07) is 5.83. The maximum absolute atomic E-state index is 13.3. The van der Waals surface area contributed by atoms with E-state index in [2.05, 4.69) is 15.6 Å². The smallest absolute Gasteiger partial charge is 0.321 e. The number of amides is 3. The first-order valence-electron chi connectivity index (χ1n) is 6.38. The van der Waals surface area contributed by atoms with Gasteiger partial charge in [0.1, 0.15) is 0 Å². The lowest BCUT2D eigenvalue weighted by atomic mass is 10.3. The number of imidazole rings is 1. The van der Waals surface area contributed by atoms with Crippen LogP contribution in [0.3, 0.4) is 0 Å². The van der Waals surface area contributed by atoms with E-state index in [9.17, 15) is 18.4 Å². The number of para-hydroxylation sites is 2. The van der Waals surface area contributed by atoms with E-state index in [4.69, 9.17) is 0 Å². The van der Waals surface area contributed by atoms with Crippen molar-refractivity contribution in [2.75, 3.05) is 7.05 Å². The Morgan fingerprint density at radius 2 is 2.00 bits per heavy atom. The molecule has 118 valence electrons. The lowest BCUT2D eigenvalue weighted by Crippen LogP contribution is -2.41. The fourth-order valence-electron chi connectivity index (χ4n) is 1.78. The second-order valence-electron chi connectivity index (χ2n) is 4.36. The Bertz CT molecular complexity index is 704. The molecule has 1 unspecified atom stereocenters. The molecule has 0 spiro atoms. The van der Waals surface area contributed by atoms with Crippen LogP contribution in [0.4, 0.5) is 13.6 Å². The number of hydrogen-bond donors (Lipinski definition) is 2. The second-order valence-corrected chi connectivity index (χ2v) is 5.67. The Morgan fingerprint density at radius 3 is 2.64 bits per heavy atom. The summed E-state index contributed by atoms with van der Waals surface area (Å²) in [6.07, 6.45) is 0. The van der Waals surface area contributed by atoms with Crippen LogP contribution in [0.25, 0.3) is 11.0 Å². The molecule has 9 heteroatoms. The van der Waals surface area contributed by atoms with Crippen molar-refractivity contribution in [1.82, 2.24) is 20.2 Å². The van der Waals surface area contributed by atoms with Gasteiger partial charge in [-0.15, -0.1) is 0 Å². The summed E-state index contributed by atoms with van der Waals surface area (Å²) in [5.41, 5.74) is 0.711. The molecule has 6 nitrogen and oxygen atoms in total. The molecule has 0 bridgehead atoms. The van der Waals surface area contributed by atoms with Crippen molar-refractivity contribution in [2.24, 2.45) is 0 Å². The van der Waals surface area contributed by atoms with Crippen molar-refractivity contribution in [1.29, 1.82) is 0 Å². The van der Waals surface area contributed by atoms with Crippen LogP contribution >= 0.6 is 11.8 Å². The molecule has 1 aromatic carbocycles. The standard InChI is InChI=1S/C13H14F2N4O2S/c1-7(10(20)18-12(21)16-2)22-13-17-8-5-3-4-6-9(8)19(13)11(14)15/h3-7,11H,1-2H3,(H2,16,18,20,21). The molecular formula is C13H14F2N4O2S. The summed E-state index contributed by atoms with van der Waals surface area (Å²) in [6.45, 7) is -1.26. The molecule has 1 aromatic heterocycles. The van der Waals surface area contributed by atoms with Crippen molar-refractivity contribution in [3.05, 3.63) is 24.3 Å². The van der Waals surface area contributed by atoms with Crippen LogP contribution in [0.2, 0.25) is 0 Å². The average Bonchev–Trinajstić information content (AvgIpc) is 2.84. The molecule has 1 heterocycles. The molecule has 2 N–H and O–H groups in total. The van der Waals surface area contributed by atoms with Crippen LogP contribution in [0.5, 0.6) is 0 Å². The molecule has 0 aliphatic heterocycles. The number of nitrogens with zero attached hydrogens (tertiary/aromatic N) is 2. The number of benzene rings is 1. The summed E-state index contributed by atoms with van der Waals surface area (Å²) >= 11 is 0.865. The molecule has 22 heavy (non-hydrogen) atoms. The summed E-state index contributed by atoms with van der Waals surface area (Å²) in [5.74, 6) is -0.586. The van der Waals surface area contributed by atoms with E-state index < -0.39 is 23.7 Å². The molecular weight excluding hydrogens is 314 g/mol. The number of alkyl halides is 2. The topological polar surface area (TPSA) is 76.0 Å². The van der Waals surface area contributed by atoms with E-state index in [-0.39, 0.29) is 5.16 Å². The average molecular weight is 328 g/mol. The maximum Gasteiger partial charge on any atom is 0.321 e. The highest BCUT2D eigenvalue weighted by Crippen LogP contribution is 2.31. The minimum Gasteiger partial charge on any atom is -0.341 e. The van der Waals surface area contributed by atoms with Gasteiger partial charge in [0.15, 0.2) is 5.16 Å². The predicted octanol–water partition coefficient (Wildman–Crippen LogP) is 2.37. The fraction of sp³-hybridized carbons (Fsp3) is 0.308. The van der Waals surface area contributed by atoms with Gasteiger partial charge in [-0.3, -0.25) is 14.7 Å². The van der Waals surface area contributed by atoms with Crippen molar-refractivity contribution in [3.63, 3.8) is 0 Å². The lowest BCUT2D eigenvalue weighted by Gasteiger charge is -2.12. The Morgan fingerprint density at radius 1 is 1.32 bits per heavy atom. The zero-order chi connectivity index (χ0) is 16.3. The third-order valence-corrected chi connectivity index (χ3v) is 3.94. The Labute approximate surface area is 129 Å². The van der Waals surface area contributed by atoms with E-state index in [1.807, 2.05) is 0 Å². The number of hydrogen-bond acceptors (Lipinski definition) is 4. The van der Waals surface area contributed by atoms with E-state index >= 15 is 0 Å². The van der Waals surface area contributed by atoms with Gasteiger partial charge in [-0.1, -0.05) is 23.9 Å². The van der Waals surface area contributed by atoms with E-state index in [1.54, 1.807) is 18.2 Å². The predicted molar refractivity (Wildman–Crippen MR) is 78.9 cm³/mol. The number of carbonyl (C=O) groups excluding carboxylic acids is 2. The number of imide groups is 1. The van der Waals surface area contributed by atoms with Crippen molar-refractivity contribution in [2.45, 2.75) is 23.9 Å². The number of carbonyl (C=O) groups is 2. The number of rotatable bonds is 4. The zero-order valence-corrected chi connectivity index (χ0v) is 12.7. The second kappa shape index (κ2) is 6.73. The first-order valence-corrected chi connectivity index (χ1v) is 7.26. The van der Waals surface area contributed by atoms with Gasteiger partial charge in [0.25, 0.3) is 0 Å². The van der Waals surface area contributed by atoms with Crippen molar-refractivity contribution >= 4 is 34.7 Å². The third-order valence-electron chi connectivity index (χ3n) is 2.87. The summed E-state index contributed by atoms with van der Waals surface area (Å²) < 4.78 is 27.3. The number of halogens is 2. The van der Waals surface area contributed by atoms with Gasteiger partial charge in [0.05, 0.1) is 16.3 Å². The van der Waals surface area contributed by atoms with E-state index in [0.29, 0.717) is 11.0 Å². The molecule has 0 saturated heterocycles. The molecule has 2 aromatic rings. The molecule has 0 saturated carbocycles. The van der Waals surface area contributed by atoms with Crippen LogP contribution in [-0.4, -0.2) is 33.8 Å². The highest BCUT2D eigenvalue weighted by molar-refractivity contribution is 8.00. The van der Waals surface area contributed by atoms with Crippen LogP contribution in [0.15, 0.2) is 29.4 Å². The third kappa shape index (κ3) is 3.35. The number of aromatic nitrogens is 2. The van der Waals surface area contributed by atoms with E-state index in [0.717, 1.165) is 16.3 Å². The number of nitrogens with one attached hydrogen (secondary N) is 2. The molecule has 1 atom stereocenters. The molecule has 0 fully saturated rings. The summed E-state index contributed by atoms with van der Waals surface area (Å²) in [5, 5.41) is 3.61. The minimum absolute atomic E-state index is 0.0238. The SMILES string of the molecule is CNC(=O)NC(=O)C(C)Sc1nc2ccccc2n1C(F)F. The Hall–Kier alpha value is -2.16. The quantitative estimate of drug-likeness (QED) is 0.845. The fourth-order valence-corrected chi connectivity index (χ4v) is 2.71. The molecule has 2 rings (SSSR count). The van der Waals surface area contributed by atoms with Gasteiger partial charge >= 0.3 is 12.6 Å². The first-order chi connectivity index (χ1) is 10.4. The number of thioether (sulfide) groups is 1. The summed E-state index contributed by atoms with van der Waals surface area (Å²) in [7, 11) is 1.37. The number of fused-ring (bicyclic) bond motifs is 1.